The predicted octanol–water partition coefficient (Wildman–Crippen LogP) is 7.14. The second kappa shape index (κ2) is 10.6. The van der Waals surface area contributed by atoms with E-state index in [1.165, 1.54) is 0 Å². The van der Waals surface area contributed by atoms with E-state index < -0.39 is 23.5 Å². The number of aryl methyl sites for hydroxylation is 1. The van der Waals surface area contributed by atoms with Gasteiger partial charge in [0.05, 0.1) is 0 Å². The van der Waals surface area contributed by atoms with Crippen LogP contribution < -0.4 is 5.32 Å². The summed E-state index contributed by atoms with van der Waals surface area (Å²) in [5.74, 6) is -0.129. The first-order valence-corrected chi connectivity index (χ1v) is 10.7. The molecule has 2 aromatic carbocycles. The number of unbranched alkanes of at least 4 members (excludes halogenated alkanes) is 3. The Bertz CT molecular complexity index is 921. The number of amides is 1. The average molecular weight is 475 g/mol. The van der Waals surface area contributed by atoms with Gasteiger partial charge in [-0.3, -0.25) is 4.79 Å². The number of carbonyl (C=O) groups excluding carboxylic acids is 1. The normalized spacial score (nSPS) is 12.6. The Morgan fingerprint density at radius 2 is 1.48 bits per heavy atom. The maximum atomic E-state index is 13.2. The minimum atomic E-state index is -5.94. The van der Waals surface area contributed by atoms with Crippen LogP contribution in [0, 0.1) is 0 Å². The van der Waals surface area contributed by atoms with Gasteiger partial charge in [-0.1, -0.05) is 63.4 Å². The van der Waals surface area contributed by atoms with Crippen molar-refractivity contribution < 1.29 is 36.2 Å². The summed E-state index contributed by atoms with van der Waals surface area (Å²) < 4.78 is 79.2. The van der Waals surface area contributed by atoms with Crippen LogP contribution in [0.1, 0.15) is 57.1 Å². The van der Waals surface area contributed by atoms with Gasteiger partial charge in [0.15, 0.2) is 0 Å². The minimum absolute atomic E-state index is 0.129. The monoisotopic (exact) mass is 475 g/mol. The summed E-state index contributed by atoms with van der Waals surface area (Å²) in [5.41, 5.74) is -4.50. The molecule has 0 saturated carbocycles. The van der Waals surface area contributed by atoms with Crippen LogP contribution in [0.25, 0.3) is 11.1 Å². The van der Waals surface area contributed by atoms with Crippen molar-refractivity contribution in [3.8, 4) is 11.1 Å². The van der Waals surface area contributed by atoms with Gasteiger partial charge in [0, 0.05) is 17.7 Å². The van der Waals surface area contributed by atoms with Gasteiger partial charge >= 0.3 is 12.4 Å². The van der Waals surface area contributed by atoms with Crippen LogP contribution in [-0.4, -0.2) is 23.4 Å². The molecule has 0 atom stereocenters. The topological polar surface area (TPSA) is 49.3 Å². The van der Waals surface area contributed by atoms with Crippen molar-refractivity contribution >= 4 is 11.6 Å². The van der Waals surface area contributed by atoms with Gasteiger partial charge in [-0.2, -0.15) is 26.3 Å². The number of hydrogen-bond acceptors (Lipinski definition) is 2. The molecule has 1 amide bonds. The third-order valence-corrected chi connectivity index (χ3v) is 5.46. The van der Waals surface area contributed by atoms with E-state index in [4.69, 9.17) is 0 Å². The zero-order valence-electron chi connectivity index (χ0n) is 18.4. The van der Waals surface area contributed by atoms with E-state index in [0.29, 0.717) is 29.3 Å². The number of aliphatic hydroxyl groups is 1. The highest BCUT2D eigenvalue weighted by Gasteiger charge is 2.71. The van der Waals surface area contributed by atoms with Gasteiger partial charge in [0.25, 0.3) is 5.60 Å². The zero-order chi connectivity index (χ0) is 24.9. The maximum Gasteiger partial charge on any atom is 0.430 e. The SMILES string of the molecule is CCCCCCC(=O)Nc1ccc(-c2ccc(C(O)(C(F)(F)F)C(F)(F)F)cc2CC)cc1. The van der Waals surface area contributed by atoms with Crippen LogP contribution in [0.15, 0.2) is 42.5 Å². The third kappa shape index (κ3) is 6.07. The van der Waals surface area contributed by atoms with Crippen LogP contribution in [0.4, 0.5) is 32.0 Å². The standard InChI is InChI=1S/C24H27F6NO2/c1-3-5-6-7-8-21(32)31-19-12-9-17(10-13-19)20-14-11-18(15-16(20)4-2)22(33,23(25,26)27)24(28,29)30/h9-15,33H,3-8H2,1-2H3,(H,31,32). The molecule has 182 valence electrons. The van der Waals surface area contributed by atoms with Gasteiger partial charge in [0.1, 0.15) is 0 Å². The van der Waals surface area contributed by atoms with Crippen LogP contribution >= 0.6 is 0 Å². The van der Waals surface area contributed by atoms with E-state index in [1.54, 1.807) is 31.2 Å². The van der Waals surface area contributed by atoms with Crippen molar-refractivity contribution in [2.24, 2.45) is 0 Å². The molecule has 0 aliphatic carbocycles. The molecule has 0 fully saturated rings. The fourth-order valence-corrected chi connectivity index (χ4v) is 3.55. The molecule has 0 aliphatic rings. The lowest BCUT2D eigenvalue weighted by Gasteiger charge is -2.33. The number of carbonyl (C=O) groups is 1. The van der Waals surface area contributed by atoms with Crippen molar-refractivity contribution in [3.63, 3.8) is 0 Å². The number of halogens is 6. The summed E-state index contributed by atoms with van der Waals surface area (Å²) in [6, 6.07) is 9.01. The Morgan fingerprint density at radius 1 is 0.879 bits per heavy atom. The third-order valence-electron chi connectivity index (χ3n) is 5.46. The summed E-state index contributed by atoms with van der Waals surface area (Å²) in [4.78, 5) is 12.0. The number of hydrogen-bond donors (Lipinski definition) is 2. The Labute approximate surface area is 188 Å². The predicted molar refractivity (Wildman–Crippen MR) is 115 cm³/mol. The van der Waals surface area contributed by atoms with Crippen LogP contribution in [0.3, 0.4) is 0 Å². The molecule has 2 rings (SSSR count). The van der Waals surface area contributed by atoms with Crippen molar-refractivity contribution in [3.05, 3.63) is 53.6 Å². The summed E-state index contributed by atoms with van der Waals surface area (Å²) in [6.07, 6.45) is -7.46. The molecule has 33 heavy (non-hydrogen) atoms. The smallest absolute Gasteiger partial charge is 0.369 e. The van der Waals surface area contributed by atoms with E-state index >= 15 is 0 Å². The highest BCUT2D eigenvalue weighted by Crippen LogP contribution is 2.50. The van der Waals surface area contributed by atoms with Crippen molar-refractivity contribution in [1.82, 2.24) is 0 Å². The Hall–Kier alpha value is -2.55. The minimum Gasteiger partial charge on any atom is -0.369 e. The van der Waals surface area contributed by atoms with E-state index in [-0.39, 0.29) is 17.9 Å². The van der Waals surface area contributed by atoms with Gasteiger partial charge in [-0.05, 0) is 41.7 Å². The number of nitrogens with one attached hydrogen (secondary N) is 1. The fraction of sp³-hybridized carbons (Fsp3) is 0.458. The molecule has 0 radical (unpaired) electrons. The summed E-state index contributed by atoms with van der Waals surface area (Å²) in [5, 5.41) is 12.4. The van der Waals surface area contributed by atoms with Crippen LogP contribution in [0.2, 0.25) is 0 Å². The van der Waals surface area contributed by atoms with E-state index in [2.05, 4.69) is 12.2 Å². The van der Waals surface area contributed by atoms with Crippen molar-refractivity contribution in [1.29, 1.82) is 0 Å². The quantitative estimate of drug-likeness (QED) is 0.299. The molecule has 9 heteroatoms. The van der Waals surface area contributed by atoms with Crippen molar-refractivity contribution in [2.75, 3.05) is 5.32 Å². The van der Waals surface area contributed by atoms with Crippen LogP contribution in [-0.2, 0) is 16.8 Å². The first-order chi connectivity index (χ1) is 15.3. The molecule has 0 aromatic heterocycles. The fourth-order valence-electron chi connectivity index (χ4n) is 3.55. The Kier molecular flexibility index (Phi) is 8.57. The number of rotatable bonds is 9. The molecule has 0 unspecified atom stereocenters. The van der Waals surface area contributed by atoms with Crippen LogP contribution in [0.5, 0.6) is 0 Å². The summed E-state index contributed by atoms with van der Waals surface area (Å²) in [7, 11) is 0. The lowest BCUT2D eigenvalue weighted by Crippen LogP contribution is -2.53. The number of alkyl halides is 6. The Balaban J connectivity index is 2.27. The van der Waals surface area contributed by atoms with Crippen molar-refractivity contribution in [2.45, 2.75) is 70.3 Å². The molecular weight excluding hydrogens is 448 g/mol. The molecule has 3 nitrogen and oxygen atoms in total. The lowest BCUT2D eigenvalue weighted by atomic mass is 9.87. The summed E-state index contributed by atoms with van der Waals surface area (Å²) >= 11 is 0. The molecule has 2 aromatic rings. The Morgan fingerprint density at radius 3 is 2.00 bits per heavy atom. The first kappa shape index (κ1) is 26.7. The molecular formula is C24H27F6NO2. The molecule has 0 spiro atoms. The maximum absolute atomic E-state index is 13.2. The molecule has 0 aliphatic heterocycles. The zero-order valence-corrected chi connectivity index (χ0v) is 18.4. The second-order valence-corrected chi connectivity index (χ2v) is 7.87. The van der Waals surface area contributed by atoms with E-state index in [9.17, 15) is 36.2 Å². The lowest BCUT2D eigenvalue weighted by molar-refractivity contribution is -0.376. The molecule has 0 saturated heterocycles. The van der Waals surface area contributed by atoms with E-state index in [1.807, 2.05) is 0 Å². The van der Waals surface area contributed by atoms with Gasteiger partial charge in [0.2, 0.25) is 5.91 Å². The molecule has 0 heterocycles. The molecule has 0 bridgehead atoms. The van der Waals surface area contributed by atoms with Gasteiger partial charge < -0.3 is 10.4 Å². The number of anilines is 1. The van der Waals surface area contributed by atoms with Gasteiger partial charge in [-0.15, -0.1) is 0 Å². The summed E-state index contributed by atoms with van der Waals surface area (Å²) in [6.45, 7) is 3.67. The molecule has 2 N–H and O–H groups in total. The first-order valence-electron chi connectivity index (χ1n) is 10.7. The van der Waals surface area contributed by atoms with Gasteiger partial charge in [-0.25, -0.2) is 0 Å². The second-order valence-electron chi connectivity index (χ2n) is 7.87. The number of benzene rings is 2. The highest BCUT2D eigenvalue weighted by molar-refractivity contribution is 5.91. The average Bonchev–Trinajstić information content (AvgIpc) is 2.74. The largest absolute Gasteiger partial charge is 0.430 e. The van der Waals surface area contributed by atoms with E-state index in [0.717, 1.165) is 37.8 Å². The highest BCUT2D eigenvalue weighted by atomic mass is 19.4.